The molecule has 1 saturated heterocycles. The van der Waals surface area contributed by atoms with Crippen LogP contribution in [0, 0.1) is 17.3 Å². The lowest BCUT2D eigenvalue weighted by atomic mass is 9.81. The number of fused-ring (bicyclic) bond motifs is 1. The molecule has 1 unspecified atom stereocenters. The minimum Gasteiger partial charge on any atom is -0.462 e. The highest BCUT2D eigenvalue weighted by Crippen LogP contribution is 2.44. The Morgan fingerprint density at radius 3 is 2.66 bits per heavy atom. The van der Waals surface area contributed by atoms with Crippen molar-refractivity contribution >= 4 is 17.7 Å². The number of allylic oxidation sites excluding steroid dienone is 1. The van der Waals surface area contributed by atoms with Crippen LogP contribution in [0.25, 0.3) is 0 Å². The molecule has 3 rings (SSSR count). The van der Waals surface area contributed by atoms with Crippen molar-refractivity contribution in [2.24, 2.45) is 17.3 Å². The van der Waals surface area contributed by atoms with Crippen molar-refractivity contribution in [3.63, 3.8) is 0 Å². The summed E-state index contributed by atoms with van der Waals surface area (Å²) in [6, 6.07) is 8.84. The molecule has 2 fully saturated rings. The Labute approximate surface area is 172 Å². The van der Waals surface area contributed by atoms with Crippen molar-refractivity contribution in [2.75, 3.05) is 0 Å². The second-order valence-electron chi connectivity index (χ2n) is 8.73. The summed E-state index contributed by atoms with van der Waals surface area (Å²) in [5.74, 6) is -0.813. The van der Waals surface area contributed by atoms with E-state index in [1.54, 1.807) is 30.3 Å². The lowest BCUT2D eigenvalue weighted by Gasteiger charge is -2.23. The summed E-state index contributed by atoms with van der Waals surface area (Å²) in [5, 5.41) is 0. The van der Waals surface area contributed by atoms with Crippen LogP contribution in [0.4, 0.5) is 0 Å². The number of benzene rings is 1. The van der Waals surface area contributed by atoms with Crippen LogP contribution in [0.5, 0.6) is 0 Å². The number of carbonyl (C=O) groups excluding carboxylic acids is 3. The normalized spacial score (nSPS) is 26.4. The first-order valence-electron chi connectivity index (χ1n) is 10.5. The van der Waals surface area contributed by atoms with Gasteiger partial charge in [-0.1, -0.05) is 57.9 Å². The third kappa shape index (κ3) is 4.95. The Bertz CT molecular complexity index is 780. The minimum atomic E-state index is -0.428. The van der Waals surface area contributed by atoms with Gasteiger partial charge in [-0.25, -0.2) is 4.79 Å². The zero-order valence-corrected chi connectivity index (χ0v) is 17.4. The van der Waals surface area contributed by atoms with Gasteiger partial charge < -0.3 is 9.47 Å². The summed E-state index contributed by atoms with van der Waals surface area (Å²) < 4.78 is 11.2. The minimum absolute atomic E-state index is 0.0566. The third-order valence-corrected chi connectivity index (χ3v) is 6.11. The van der Waals surface area contributed by atoms with Crippen LogP contribution in [0.15, 0.2) is 42.5 Å². The lowest BCUT2D eigenvalue weighted by molar-refractivity contribution is -0.141. The molecule has 0 aromatic heterocycles. The standard InChI is InChI=1S/C24H30O5/c1-4-5-13-24(2,3)21(25)12-11-17-18-14-22(26)28-20(18)15-19(17)29-23(27)16-9-7-6-8-10-16/h6-12,17-20H,4-5,13-15H2,1-3H3/b12-11+/t17-,18?,19-,20+/m1/s1. The van der Waals surface area contributed by atoms with Crippen LogP contribution in [0.3, 0.4) is 0 Å². The molecule has 4 atom stereocenters. The van der Waals surface area contributed by atoms with Crippen molar-refractivity contribution in [1.82, 2.24) is 0 Å². The second-order valence-corrected chi connectivity index (χ2v) is 8.73. The summed E-state index contributed by atoms with van der Waals surface area (Å²) in [5.41, 5.74) is 0.0592. The number of ketones is 1. The van der Waals surface area contributed by atoms with E-state index in [2.05, 4.69) is 6.92 Å². The molecule has 29 heavy (non-hydrogen) atoms. The Morgan fingerprint density at radius 1 is 1.24 bits per heavy atom. The fourth-order valence-corrected chi connectivity index (χ4v) is 4.24. The molecule has 156 valence electrons. The molecular weight excluding hydrogens is 368 g/mol. The van der Waals surface area contributed by atoms with E-state index < -0.39 is 17.5 Å². The van der Waals surface area contributed by atoms with E-state index in [4.69, 9.17) is 9.47 Å². The SMILES string of the molecule is CCCCC(C)(C)C(=O)/C=C/[C@@H]1C2CC(=O)O[C@H]2C[C@H]1OC(=O)c1ccccc1. The molecule has 2 aliphatic rings. The quantitative estimate of drug-likeness (QED) is 0.476. The van der Waals surface area contributed by atoms with Gasteiger partial charge in [0, 0.05) is 23.7 Å². The maximum Gasteiger partial charge on any atom is 0.338 e. The molecule has 5 heteroatoms. The van der Waals surface area contributed by atoms with E-state index in [1.807, 2.05) is 26.0 Å². The van der Waals surface area contributed by atoms with Crippen molar-refractivity contribution in [2.45, 2.75) is 65.1 Å². The van der Waals surface area contributed by atoms with Crippen LogP contribution >= 0.6 is 0 Å². The molecule has 1 heterocycles. The van der Waals surface area contributed by atoms with Crippen molar-refractivity contribution in [1.29, 1.82) is 0 Å². The molecule has 5 nitrogen and oxygen atoms in total. The zero-order chi connectivity index (χ0) is 21.0. The van der Waals surface area contributed by atoms with E-state index >= 15 is 0 Å². The van der Waals surface area contributed by atoms with Crippen molar-refractivity contribution < 1.29 is 23.9 Å². The van der Waals surface area contributed by atoms with Gasteiger partial charge in [0.15, 0.2) is 5.78 Å². The monoisotopic (exact) mass is 398 g/mol. The number of unbranched alkanes of at least 4 members (excludes halogenated alkanes) is 1. The first kappa shape index (κ1) is 21.3. The third-order valence-electron chi connectivity index (χ3n) is 6.11. The maximum absolute atomic E-state index is 12.7. The molecule has 1 aromatic carbocycles. The highest BCUT2D eigenvalue weighted by molar-refractivity contribution is 5.94. The number of hydrogen-bond acceptors (Lipinski definition) is 5. The Hall–Kier alpha value is -2.43. The number of carbonyl (C=O) groups is 3. The van der Waals surface area contributed by atoms with Crippen molar-refractivity contribution in [3.05, 3.63) is 48.0 Å². The molecule has 0 amide bonds. The molecule has 0 spiro atoms. The van der Waals surface area contributed by atoms with Gasteiger partial charge >= 0.3 is 11.9 Å². The number of esters is 2. The number of hydrogen-bond donors (Lipinski definition) is 0. The molecule has 1 aromatic rings. The average molecular weight is 398 g/mol. The molecule has 1 saturated carbocycles. The topological polar surface area (TPSA) is 69.7 Å². The Balaban J connectivity index is 1.74. The number of ether oxygens (including phenoxy) is 2. The zero-order valence-electron chi connectivity index (χ0n) is 17.4. The first-order chi connectivity index (χ1) is 13.8. The van der Waals surface area contributed by atoms with E-state index in [0.29, 0.717) is 18.4 Å². The second kappa shape index (κ2) is 8.93. The molecule has 1 aliphatic heterocycles. The maximum atomic E-state index is 12.7. The smallest absolute Gasteiger partial charge is 0.338 e. The lowest BCUT2D eigenvalue weighted by Crippen LogP contribution is -2.26. The number of rotatable bonds is 8. The average Bonchev–Trinajstić information content (AvgIpc) is 3.20. The van der Waals surface area contributed by atoms with Gasteiger partial charge in [0.2, 0.25) is 0 Å². The molecular formula is C24H30O5. The van der Waals surface area contributed by atoms with Crippen molar-refractivity contribution in [3.8, 4) is 0 Å². The summed E-state index contributed by atoms with van der Waals surface area (Å²) in [7, 11) is 0. The van der Waals surface area contributed by atoms with E-state index in [1.165, 1.54) is 0 Å². The molecule has 0 bridgehead atoms. The van der Waals surface area contributed by atoms with Crippen LogP contribution in [0.2, 0.25) is 0 Å². The molecule has 0 N–H and O–H groups in total. The van der Waals surface area contributed by atoms with E-state index in [0.717, 1.165) is 19.3 Å². The summed E-state index contributed by atoms with van der Waals surface area (Å²) >= 11 is 0. The first-order valence-corrected chi connectivity index (χ1v) is 10.5. The highest BCUT2D eigenvalue weighted by Gasteiger charge is 2.50. The predicted molar refractivity (Wildman–Crippen MR) is 109 cm³/mol. The largest absolute Gasteiger partial charge is 0.462 e. The summed E-state index contributed by atoms with van der Waals surface area (Å²) in [4.78, 5) is 37.0. The fraction of sp³-hybridized carbons (Fsp3) is 0.542. The predicted octanol–water partition coefficient (Wildman–Crippen LogP) is 4.51. The van der Waals surface area contributed by atoms with Gasteiger partial charge in [-0.2, -0.15) is 0 Å². The molecule has 1 aliphatic carbocycles. The van der Waals surface area contributed by atoms with Gasteiger partial charge in [-0.05, 0) is 24.6 Å². The van der Waals surface area contributed by atoms with Crippen LogP contribution in [-0.4, -0.2) is 29.9 Å². The Morgan fingerprint density at radius 2 is 1.97 bits per heavy atom. The highest BCUT2D eigenvalue weighted by atomic mass is 16.6. The molecule has 0 radical (unpaired) electrons. The van der Waals surface area contributed by atoms with Crippen LogP contribution in [-0.2, 0) is 19.1 Å². The van der Waals surface area contributed by atoms with Gasteiger partial charge in [-0.3, -0.25) is 9.59 Å². The van der Waals surface area contributed by atoms with Crippen LogP contribution in [0.1, 0.15) is 63.2 Å². The summed E-state index contributed by atoms with van der Waals surface area (Å²) in [6.45, 7) is 6.03. The van der Waals surface area contributed by atoms with E-state index in [9.17, 15) is 14.4 Å². The summed E-state index contributed by atoms with van der Waals surface area (Å²) in [6.07, 6.45) is 6.44. The van der Waals surface area contributed by atoms with Crippen LogP contribution < -0.4 is 0 Å². The van der Waals surface area contributed by atoms with Gasteiger partial charge in [0.1, 0.15) is 12.2 Å². The van der Waals surface area contributed by atoms with E-state index in [-0.39, 0.29) is 29.7 Å². The van der Waals surface area contributed by atoms with Gasteiger partial charge in [0.05, 0.1) is 12.0 Å². The fourth-order valence-electron chi connectivity index (χ4n) is 4.24. The van der Waals surface area contributed by atoms with Gasteiger partial charge in [0.25, 0.3) is 0 Å². The Kier molecular flexibility index (Phi) is 6.56. The van der Waals surface area contributed by atoms with Gasteiger partial charge in [-0.15, -0.1) is 0 Å².